The summed E-state index contributed by atoms with van der Waals surface area (Å²) in [5, 5.41) is 9.95. The molecule has 1 saturated carbocycles. The number of benzene rings is 2. The number of epoxide rings is 1. The molecule has 3 nitrogen and oxygen atoms in total. The Morgan fingerprint density at radius 1 is 0.826 bits per heavy atom. The molecule has 1 saturated heterocycles. The molecule has 1 heterocycles. The average Bonchev–Trinajstić information content (AvgIpc) is 3.38. The molecule has 1 N–H and O–H groups in total. The van der Waals surface area contributed by atoms with Crippen molar-refractivity contribution >= 4 is 0 Å². The fourth-order valence-corrected chi connectivity index (χ4v) is 3.74. The van der Waals surface area contributed by atoms with E-state index in [0.29, 0.717) is 6.04 Å². The predicted octanol–water partition coefficient (Wildman–Crippen LogP) is 2.98. The fraction of sp³-hybridized carbons (Fsp3) is 0.400. The summed E-state index contributed by atoms with van der Waals surface area (Å²) in [4.78, 5) is 2.52. The number of ether oxygens (including phenoxy) is 1. The Balaban J connectivity index is 1.53. The predicted molar refractivity (Wildman–Crippen MR) is 89.8 cm³/mol. The second kappa shape index (κ2) is 6.44. The second-order valence-corrected chi connectivity index (χ2v) is 6.65. The zero-order valence-corrected chi connectivity index (χ0v) is 13.2. The molecule has 1 aliphatic heterocycles. The van der Waals surface area contributed by atoms with Crippen molar-refractivity contribution in [3.8, 4) is 0 Å². The van der Waals surface area contributed by atoms with Gasteiger partial charge in [-0.1, -0.05) is 60.7 Å². The summed E-state index contributed by atoms with van der Waals surface area (Å²) in [6, 6.07) is 21.6. The third-order valence-electron chi connectivity index (χ3n) is 5.00. The molecule has 2 aromatic carbocycles. The standard InChI is InChI=1S/C20H23NO2/c22-18-12-11-17(19-20(18)23-19)21(13-15-7-3-1-4-8-15)14-16-9-5-2-6-10-16/h1-10,17-20,22H,11-14H2/t17-,18+,19-,20+/m1/s1. The Kier molecular flexibility index (Phi) is 4.17. The van der Waals surface area contributed by atoms with Gasteiger partial charge in [-0.25, -0.2) is 0 Å². The molecule has 0 bridgehead atoms. The highest BCUT2D eigenvalue weighted by Crippen LogP contribution is 2.40. The summed E-state index contributed by atoms with van der Waals surface area (Å²) < 4.78 is 5.77. The summed E-state index contributed by atoms with van der Waals surface area (Å²) >= 11 is 0. The van der Waals surface area contributed by atoms with E-state index in [9.17, 15) is 5.11 Å². The highest BCUT2D eigenvalue weighted by molar-refractivity contribution is 5.18. The van der Waals surface area contributed by atoms with E-state index in [1.165, 1.54) is 11.1 Å². The third-order valence-corrected chi connectivity index (χ3v) is 5.00. The van der Waals surface area contributed by atoms with Gasteiger partial charge in [0.05, 0.1) is 6.10 Å². The summed E-state index contributed by atoms with van der Waals surface area (Å²) in [7, 11) is 0. The van der Waals surface area contributed by atoms with Gasteiger partial charge in [-0.2, -0.15) is 0 Å². The van der Waals surface area contributed by atoms with Crippen molar-refractivity contribution in [3.63, 3.8) is 0 Å². The second-order valence-electron chi connectivity index (χ2n) is 6.65. The van der Waals surface area contributed by atoms with Gasteiger partial charge in [0, 0.05) is 19.1 Å². The minimum absolute atomic E-state index is 0.0581. The van der Waals surface area contributed by atoms with Crippen LogP contribution in [0.25, 0.3) is 0 Å². The van der Waals surface area contributed by atoms with Crippen molar-refractivity contribution in [1.82, 2.24) is 4.90 Å². The monoisotopic (exact) mass is 309 g/mol. The lowest BCUT2D eigenvalue weighted by molar-refractivity contribution is 0.0903. The molecule has 4 atom stereocenters. The quantitative estimate of drug-likeness (QED) is 0.863. The number of hydrogen-bond acceptors (Lipinski definition) is 3. The van der Waals surface area contributed by atoms with Crippen molar-refractivity contribution in [2.45, 2.75) is 50.3 Å². The smallest absolute Gasteiger partial charge is 0.112 e. The molecule has 2 aromatic rings. The fourth-order valence-electron chi connectivity index (χ4n) is 3.74. The molecule has 120 valence electrons. The van der Waals surface area contributed by atoms with Gasteiger partial charge in [0.15, 0.2) is 0 Å². The van der Waals surface area contributed by atoms with Gasteiger partial charge in [-0.05, 0) is 24.0 Å². The minimum atomic E-state index is -0.272. The first-order chi connectivity index (χ1) is 11.3. The molecular formula is C20H23NO2. The van der Waals surface area contributed by atoms with Crippen LogP contribution in [0, 0.1) is 0 Å². The zero-order valence-electron chi connectivity index (χ0n) is 13.2. The van der Waals surface area contributed by atoms with E-state index in [0.717, 1.165) is 25.9 Å². The molecule has 23 heavy (non-hydrogen) atoms. The molecule has 1 aliphatic carbocycles. The van der Waals surface area contributed by atoms with Crippen LogP contribution in [0.4, 0.5) is 0 Å². The van der Waals surface area contributed by atoms with Gasteiger partial charge in [-0.15, -0.1) is 0 Å². The highest BCUT2D eigenvalue weighted by atomic mass is 16.6. The molecule has 2 aliphatic rings. The molecule has 0 unspecified atom stereocenters. The van der Waals surface area contributed by atoms with Crippen LogP contribution in [0.1, 0.15) is 24.0 Å². The summed E-state index contributed by atoms with van der Waals surface area (Å²) in [5.41, 5.74) is 2.65. The van der Waals surface area contributed by atoms with Crippen LogP contribution in [0.15, 0.2) is 60.7 Å². The maximum absolute atomic E-state index is 9.95. The molecule has 3 heteroatoms. The topological polar surface area (TPSA) is 36.0 Å². The van der Waals surface area contributed by atoms with E-state index in [1.54, 1.807) is 0 Å². The van der Waals surface area contributed by atoms with Crippen LogP contribution < -0.4 is 0 Å². The Morgan fingerprint density at radius 2 is 1.39 bits per heavy atom. The number of hydrogen-bond donors (Lipinski definition) is 1. The van der Waals surface area contributed by atoms with E-state index in [-0.39, 0.29) is 18.3 Å². The van der Waals surface area contributed by atoms with Gasteiger partial charge in [0.2, 0.25) is 0 Å². The first-order valence-electron chi connectivity index (χ1n) is 8.47. The SMILES string of the molecule is O[C@H]1CC[C@@H](N(Cc2ccccc2)Cc2ccccc2)[C@H]2O[C@H]21. The van der Waals surface area contributed by atoms with E-state index < -0.39 is 0 Å². The van der Waals surface area contributed by atoms with E-state index in [1.807, 2.05) is 0 Å². The number of fused-ring (bicyclic) bond motifs is 1. The maximum atomic E-state index is 9.95. The van der Waals surface area contributed by atoms with Crippen molar-refractivity contribution in [2.24, 2.45) is 0 Å². The van der Waals surface area contributed by atoms with Gasteiger partial charge in [0.25, 0.3) is 0 Å². The Bertz CT molecular complexity index is 589. The first-order valence-corrected chi connectivity index (χ1v) is 8.47. The van der Waals surface area contributed by atoms with Gasteiger partial charge >= 0.3 is 0 Å². The molecule has 4 rings (SSSR count). The van der Waals surface area contributed by atoms with Crippen LogP contribution in [0.3, 0.4) is 0 Å². The lowest BCUT2D eigenvalue weighted by atomic mass is 9.91. The van der Waals surface area contributed by atoms with Crippen molar-refractivity contribution in [1.29, 1.82) is 0 Å². The lowest BCUT2D eigenvalue weighted by Gasteiger charge is -2.33. The largest absolute Gasteiger partial charge is 0.390 e. The summed E-state index contributed by atoms with van der Waals surface area (Å²) in [6.07, 6.45) is 1.83. The third kappa shape index (κ3) is 3.32. The van der Waals surface area contributed by atoms with Crippen molar-refractivity contribution in [2.75, 3.05) is 0 Å². The number of nitrogens with zero attached hydrogens (tertiary/aromatic N) is 1. The van der Waals surface area contributed by atoms with E-state index in [2.05, 4.69) is 65.6 Å². The normalized spacial score (nSPS) is 29.3. The van der Waals surface area contributed by atoms with Gasteiger partial charge in [-0.3, -0.25) is 4.90 Å². The van der Waals surface area contributed by atoms with Crippen LogP contribution in [0.2, 0.25) is 0 Å². The van der Waals surface area contributed by atoms with Crippen LogP contribution in [-0.2, 0) is 17.8 Å². The molecule has 0 spiro atoms. The molecule has 0 radical (unpaired) electrons. The average molecular weight is 309 g/mol. The lowest BCUT2D eigenvalue weighted by Crippen LogP contribution is -2.43. The maximum Gasteiger partial charge on any atom is 0.112 e. The Hall–Kier alpha value is -1.68. The molecule has 0 aromatic heterocycles. The van der Waals surface area contributed by atoms with Crippen LogP contribution in [-0.4, -0.2) is 34.4 Å². The van der Waals surface area contributed by atoms with Crippen molar-refractivity contribution < 1.29 is 9.84 Å². The molecular weight excluding hydrogens is 286 g/mol. The van der Waals surface area contributed by atoms with Crippen molar-refractivity contribution in [3.05, 3.63) is 71.8 Å². The summed E-state index contributed by atoms with van der Waals surface area (Å²) in [6.45, 7) is 1.84. The van der Waals surface area contributed by atoms with Gasteiger partial charge in [0.1, 0.15) is 12.2 Å². The van der Waals surface area contributed by atoms with Crippen LogP contribution in [0.5, 0.6) is 0 Å². The zero-order chi connectivity index (χ0) is 15.6. The van der Waals surface area contributed by atoms with E-state index >= 15 is 0 Å². The van der Waals surface area contributed by atoms with E-state index in [4.69, 9.17) is 4.74 Å². The molecule has 0 amide bonds. The minimum Gasteiger partial charge on any atom is -0.390 e. The summed E-state index contributed by atoms with van der Waals surface area (Å²) in [5.74, 6) is 0. The van der Waals surface area contributed by atoms with Gasteiger partial charge < -0.3 is 9.84 Å². The number of aliphatic hydroxyl groups excluding tert-OH is 1. The molecule has 2 fully saturated rings. The number of aliphatic hydroxyl groups is 1. The highest BCUT2D eigenvalue weighted by Gasteiger charge is 2.53. The van der Waals surface area contributed by atoms with Crippen LogP contribution >= 0.6 is 0 Å². The Morgan fingerprint density at radius 3 is 1.96 bits per heavy atom. The first kappa shape index (κ1) is 14.9. The Labute approximate surface area is 137 Å². The number of rotatable bonds is 5.